The molecule has 2 nitrogen and oxygen atoms in total. The van der Waals surface area contributed by atoms with Crippen LogP contribution in [0.1, 0.15) is 50.4 Å². The van der Waals surface area contributed by atoms with Crippen molar-refractivity contribution >= 4 is 11.0 Å². The van der Waals surface area contributed by atoms with Gasteiger partial charge in [0.1, 0.15) is 0 Å². The summed E-state index contributed by atoms with van der Waals surface area (Å²) in [7, 11) is 0. The second-order valence-corrected chi connectivity index (χ2v) is 8.50. The Hall–Kier alpha value is -3.00. The van der Waals surface area contributed by atoms with Gasteiger partial charge in [-0.25, -0.2) is 9.97 Å². The van der Waals surface area contributed by atoms with Crippen LogP contribution in [0.2, 0.25) is 0 Å². The van der Waals surface area contributed by atoms with E-state index in [1.807, 2.05) is 18.2 Å². The highest BCUT2D eigenvalue weighted by Crippen LogP contribution is 2.52. The van der Waals surface area contributed by atoms with E-state index in [1.54, 1.807) is 0 Å². The molecule has 4 aromatic rings. The molecule has 1 aromatic heterocycles. The van der Waals surface area contributed by atoms with Gasteiger partial charge in [-0.3, -0.25) is 0 Å². The van der Waals surface area contributed by atoms with Crippen LogP contribution >= 0.6 is 0 Å². The third kappa shape index (κ3) is 2.34. The van der Waals surface area contributed by atoms with E-state index in [4.69, 9.17) is 9.97 Å². The highest BCUT2D eigenvalue weighted by atomic mass is 14.8. The molecule has 0 saturated carbocycles. The van der Waals surface area contributed by atoms with E-state index in [2.05, 4.69) is 76.2 Å². The molecule has 2 heteroatoms. The second kappa shape index (κ2) is 6.00. The molecule has 0 N–H and O–H groups in total. The Morgan fingerprint density at radius 1 is 0.679 bits per heavy atom. The van der Waals surface area contributed by atoms with Gasteiger partial charge in [0.15, 0.2) is 0 Å². The maximum atomic E-state index is 5.11. The van der Waals surface area contributed by atoms with E-state index in [1.165, 1.54) is 27.8 Å². The molecule has 28 heavy (non-hydrogen) atoms. The molecule has 0 amide bonds. The standard InChI is InChI=1S/C26H24N2/c1-16(2)24-25(28-22-15-8-7-14-21(22)27-24)19-12-9-11-18-17-10-5-6-13-20(17)26(3,4)23(18)19/h5-16H,1-4H3. The van der Waals surface area contributed by atoms with Crippen molar-refractivity contribution in [3.8, 4) is 22.4 Å². The molecule has 0 bridgehead atoms. The Balaban J connectivity index is 1.85. The van der Waals surface area contributed by atoms with E-state index in [9.17, 15) is 0 Å². The molecule has 0 atom stereocenters. The summed E-state index contributed by atoms with van der Waals surface area (Å²) in [6.45, 7) is 9.05. The first kappa shape index (κ1) is 17.1. The molecule has 0 unspecified atom stereocenters. The van der Waals surface area contributed by atoms with Crippen molar-refractivity contribution in [3.05, 3.63) is 83.6 Å². The molecule has 3 aromatic carbocycles. The van der Waals surface area contributed by atoms with E-state index in [-0.39, 0.29) is 5.41 Å². The Morgan fingerprint density at radius 2 is 1.29 bits per heavy atom. The maximum absolute atomic E-state index is 5.11. The summed E-state index contributed by atoms with van der Waals surface area (Å²) in [4.78, 5) is 10.1. The van der Waals surface area contributed by atoms with Crippen LogP contribution < -0.4 is 0 Å². The molecule has 5 rings (SSSR count). The molecule has 0 spiro atoms. The van der Waals surface area contributed by atoms with Crippen molar-refractivity contribution in [2.75, 3.05) is 0 Å². The summed E-state index contributed by atoms with van der Waals surface area (Å²) in [5.74, 6) is 0.301. The lowest BCUT2D eigenvalue weighted by molar-refractivity contribution is 0.661. The topological polar surface area (TPSA) is 25.8 Å². The minimum atomic E-state index is -0.0654. The fraction of sp³-hybridized carbons (Fsp3) is 0.231. The van der Waals surface area contributed by atoms with E-state index in [0.717, 1.165) is 22.4 Å². The Morgan fingerprint density at radius 3 is 2.04 bits per heavy atom. The maximum Gasteiger partial charge on any atom is 0.0931 e. The lowest BCUT2D eigenvalue weighted by Gasteiger charge is -2.25. The van der Waals surface area contributed by atoms with E-state index < -0.39 is 0 Å². The third-order valence-electron chi connectivity index (χ3n) is 5.98. The van der Waals surface area contributed by atoms with Gasteiger partial charge in [0.05, 0.1) is 22.4 Å². The van der Waals surface area contributed by atoms with Crippen LogP contribution in [-0.4, -0.2) is 9.97 Å². The number of para-hydroxylation sites is 2. The minimum absolute atomic E-state index is 0.0654. The summed E-state index contributed by atoms with van der Waals surface area (Å²) in [6.07, 6.45) is 0. The number of rotatable bonds is 2. The normalized spacial score (nSPS) is 14.3. The molecular formula is C26H24N2. The fourth-order valence-corrected chi connectivity index (χ4v) is 4.66. The molecule has 0 saturated heterocycles. The zero-order valence-corrected chi connectivity index (χ0v) is 16.8. The zero-order valence-electron chi connectivity index (χ0n) is 16.8. The lowest BCUT2D eigenvalue weighted by atomic mass is 9.79. The fourth-order valence-electron chi connectivity index (χ4n) is 4.66. The highest BCUT2D eigenvalue weighted by molar-refractivity contribution is 5.89. The Labute approximate surface area is 166 Å². The molecule has 0 radical (unpaired) electrons. The molecule has 138 valence electrons. The van der Waals surface area contributed by atoms with Crippen LogP contribution in [0.4, 0.5) is 0 Å². The predicted octanol–water partition coefficient (Wildman–Crippen LogP) is 6.73. The zero-order chi connectivity index (χ0) is 19.5. The van der Waals surface area contributed by atoms with Gasteiger partial charge in [-0.2, -0.15) is 0 Å². The van der Waals surface area contributed by atoms with Crippen LogP contribution in [0.5, 0.6) is 0 Å². The Kier molecular flexibility index (Phi) is 3.67. The largest absolute Gasteiger partial charge is 0.249 e. The van der Waals surface area contributed by atoms with Crippen molar-refractivity contribution in [3.63, 3.8) is 0 Å². The van der Waals surface area contributed by atoms with Crippen LogP contribution in [0.25, 0.3) is 33.4 Å². The number of hydrogen-bond acceptors (Lipinski definition) is 2. The van der Waals surface area contributed by atoms with Crippen LogP contribution in [0.3, 0.4) is 0 Å². The smallest absolute Gasteiger partial charge is 0.0931 e. The summed E-state index contributed by atoms with van der Waals surface area (Å²) in [5, 5.41) is 0. The van der Waals surface area contributed by atoms with Crippen molar-refractivity contribution in [2.24, 2.45) is 0 Å². The first-order valence-corrected chi connectivity index (χ1v) is 9.99. The van der Waals surface area contributed by atoms with E-state index in [0.29, 0.717) is 5.92 Å². The summed E-state index contributed by atoms with van der Waals surface area (Å²) in [6, 6.07) is 23.6. The SMILES string of the molecule is CC(C)c1nc2ccccc2nc1-c1cccc2c1C(C)(C)c1ccccc1-2. The molecule has 1 heterocycles. The molecule has 1 aliphatic carbocycles. The Bertz CT molecular complexity index is 1220. The van der Waals surface area contributed by atoms with Crippen LogP contribution in [-0.2, 0) is 5.41 Å². The lowest BCUT2D eigenvalue weighted by Crippen LogP contribution is -2.17. The number of fused-ring (bicyclic) bond motifs is 4. The third-order valence-corrected chi connectivity index (χ3v) is 5.98. The van der Waals surface area contributed by atoms with Crippen molar-refractivity contribution in [2.45, 2.75) is 39.0 Å². The first-order valence-electron chi connectivity index (χ1n) is 9.99. The number of nitrogens with zero attached hydrogens (tertiary/aromatic N) is 2. The van der Waals surface area contributed by atoms with Gasteiger partial charge < -0.3 is 0 Å². The first-order chi connectivity index (χ1) is 13.5. The van der Waals surface area contributed by atoms with Gasteiger partial charge >= 0.3 is 0 Å². The van der Waals surface area contributed by atoms with Gasteiger partial charge in [-0.1, -0.05) is 82.3 Å². The van der Waals surface area contributed by atoms with E-state index >= 15 is 0 Å². The monoisotopic (exact) mass is 364 g/mol. The molecule has 0 fully saturated rings. The van der Waals surface area contributed by atoms with Gasteiger partial charge in [0.25, 0.3) is 0 Å². The van der Waals surface area contributed by atoms with Gasteiger partial charge in [0.2, 0.25) is 0 Å². The number of benzene rings is 3. The number of hydrogen-bond donors (Lipinski definition) is 0. The van der Waals surface area contributed by atoms with Crippen LogP contribution in [0, 0.1) is 0 Å². The van der Waals surface area contributed by atoms with Gasteiger partial charge in [-0.15, -0.1) is 0 Å². The minimum Gasteiger partial charge on any atom is -0.249 e. The molecule has 1 aliphatic rings. The quantitative estimate of drug-likeness (QED) is 0.394. The molecular weight excluding hydrogens is 340 g/mol. The van der Waals surface area contributed by atoms with Crippen molar-refractivity contribution in [1.29, 1.82) is 0 Å². The average Bonchev–Trinajstić information content (AvgIpc) is 2.95. The van der Waals surface area contributed by atoms with Crippen LogP contribution in [0.15, 0.2) is 66.7 Å². The summed E-state index contributed by atoms with van der Waals surface area (Å²) >= 11 is 0. The van der Waals surface area contributed by atoms with Gasteiger partial charge in [-0.05, 0) is 40.3 Å². The van der Waals surface area contributed by atoms with Crippen molar-refractivity contribution in [1.82, 2.24) is 9.97 Å². The molecule has 0 aliphatic heterocycles. The second-order valence-electron chi connectivity index (χ2n) is 8.50. The average molecular weight is 364 g/mol. The predicted molar refractivity (Wildman–Crippen MR) is 117 cm³/mol. The number of aromatic nitrogens is 2. The summed E-state index contributed by atoms with van der Waals surface area (Å²) in [5.41, 5.74) is 10.6. The highest BCUT2D eigenvalue weighted by Gasteiger charge is 2.38. The van der Waals surface area contributed by atoms with Gasteiger partial charge in [0, 0.05) is 11.0 Å². The summed E-state index contributed by atoms with van der Waals surface area (Å²) < 4.78 is 0. The van der Waals surface area contributed by atoms with Crippen molar-refractivity contribution < 1.29 is 0 Å².